The second-order valence-electron chi connectivity index (χ2n) is 5.86. The third kappa shape index (κ3) is 2.47. The van der Waals surface area contributed by atoms with Gasteiger partial charge in [-0.05, 0) is 57.0 Å². The number of aromatic nitrogens is 2. The van der Waals surface area contributed by atoms with E-state index in [0.717, 1.165) is 18.5 Å². The molecule has 1 unspecified atom stereocenters. The van der Waals surface area contributed by atoms with Crippen molar-refractivity contribution in [2.45, 2.75) is 32.2 Å². The van der Waals surface area contributed by atoms with E-state index in [-0.39, 0.29) is 11.7 Å². The van der Waals surface area contributed by atoms with Gasteiger partial charge in [-0.2, -0.15) is 0 Å². The first-order chi connectivity index (χ1) is 10.5. The van der Waals surface area contributed by atoms with Crippen molar-refractivity contribution in [1.82, 2.24) is 14.9 Å². The van der Waals surface area contributed by atoms with Crippen LogP contribution >= 0.6 is 0 Å². The molecular formula is C17H18FN3O. The summed E-state index contributed by atoms with van der Waals surface area (Å²) in [6.07, 6.45) is 3.45. The molecule has 1 atom stereocenters. The van der Waals surface area contributed by atoms with Crippen molar-refractivity contribution in [3.63, 3.8) is 0 Å². The molecule has 1 aliphatic rings. The maximum absolute atomic E-state index is 13.0. The molecule has 1 aromatic heterocycles. The number of hydrogen-bond donors (Lipinski definition) is 0. The Kier molecular flexibility index (Phi) is 3.64. The molecule has 0 radical (unpaired) electrons. The van der Waals surface area contributed by atoms with Crippen molar-refractivity contribution in [1.29, 1.82) is 0 Å². The third-order valence-electron chi connectivity index (χ3n) is 4.25. The summed E-state index contributed by atoms with van der Waals surface area (Å²) in [5.41, 5.74) is 0.854. The highest BCUT2D eigenvalue weighted by Crippen LogP contribution is 2.37. The van der Waals surface area contributed by atoms with Gasteiger partial charge >= 0.3 is 0 Å². The Balaban J connectivity index is 1.95. The Morgan fingerprint density at radius 3 is 2.68 bits per heavy atom. The SMILES string of the molecule is Cc1ccnc(C2(C)CCCN2C(=O)c2ccc(F)cc2)n1. The molecule has 114 valence electrons. The molecule has 2 aromatic rings. The minimum absolute atomic E-state index is 0.106. The number of carbonyl (C=O) groups is 1. The summed E-state index contributed by atoms with van der Waals surface area (Å²) < 4.78 is 13.0. The Hall–Kier alpha value is -2.30. The maximum Gasteiger partial charge on any atom is 0.254 e. The van der Waals surface area contributed by atoms with Crippen LogP contribution in [0.4, 0.5) is 4.39 Å². The predicted octanol–water partition coefficient (Wildman–Crippen LogP) is 3.08. The molecule has 4 nitrogen and oxygen atoms in total. The minimum Gasteiger partial charge on any atom is -0.326 e. The fraction of sp³-hybridized carbons (Fsp3) is 0.353. The van der Waals surface area contributed by atoms with E-state index >= 15 is 0 Å². The second-order valence-corrected chi connectivity index (χ2v) is 5.86. The summed E-state index contributed by atoms with van der Waals surface area (Å²) in [5, 5.41) is 0. The molecule has 22 heavy (non-hydrogen) atoms. The largest absolute Gasteiger partial charge is 0.326 e. The zero-order valence-corrected chi connectivity index (χ0v) is 12.7. The van der Waals surface area contributed by atoms with E-state index in [9.17, 15) is 9.18 Å². The van der Waals surface area contributed by atoms with Crippen molar-refractivity contribution >= 4 is 5.91 Å². The monoisotopic (exact) mass is 299 g/mol. The van der Waals surface area contributed by atoms with Crippen LogP contribution in [0.5, 0.6) is 0 Å². The summed E-state index contributed by atoms with van der Waals surface area (Å²) in [6, 6.07) is 7.50. The highest BCUT2D eigenvalue weighted by atomic mass is 19.1. The minimum atomic E-state index is -0.516. The van der Waals surface area contributed by atoms with Gasteiger partial charge in [0, 0.05) is 24.0 Å². The number of halogens is 1. The third-order valence-corrected chi connectivity index (χ3v) is 4.25. The zero-order chi connectivity index (χ0) is 15.7. The van der Waals surface area contributed by atoms with Gasteiger partial charge in [-0.1, -0.05) is 0 Å². The Morgan fingerprint density at radius 2 is 2.00 bits per heavy atom. The lowest BCUT2D eigenvalue weighted by Crippen LogP contribution is -2.44. The smallest absolute Gasteiger partial charge is 0.254 e. The fourth-order valence-electron chi connectivity index (χ4n) is 2.98. The summed E-state index contributed by atoms with van der Waals surface area (Å²) in [5.74, 6) is 0.216. The van der Waals surface area contributed by atoms with Crippen LogP contribution in [-0.2, 0) is 5.54 Å². The van der Waals surface area contributed by atoms with Crippen molar-refractivity contribution < 1.29 is 9.18 Å². The molecule has 0 N–H and O–H groups in total. The average molecular weight is 299 g/mol. The summed E-state index contributed by atoms with van der Waals surface area (Å²) in [7, 11) is 0. The van der Waals surface area contributed by atoms with Gasteiger partial charge in [0.05, 0.1) is 0 Å². The standard InChI is InChI=1S/C17H18FN3O/c1-12-8-10-19-16(20-12)17(2)9-3-11-21(17)15(22)13-4-6-14(18)7-5-13/h4-8,10H,3,9,11H2,1-2H3. The molecule has 1 amide bonds. The highest BCUT2D eigenvalue weighted by Gasteiger charge is 2.43. The predicted molar refractivity (Wildman–Crippen MR) is 80.8 cm³/mol. The average Bonchev–Trinajstić information content (AvgIpc) is 2.90. The van der Waals surface area contributed by atoms with E-state index in [2.05, 4.69) is 9.97 Å². The van der Waals surface area contributed by atoms with E-state index < -0.39 is 5.54 Å². The van der Waals surface area contributed by atoms with Gasteiger partial charge < -0.3 is 4.90 Å². The number of aryl methyl sites for hydroxylation is 1. The lowest BCUT2D eigenvalue weighted by molar-refractivity contribution is 0.0603. The number of amides is 1. The summed E-state index contributed by atoms with van der Waals surface area (Å²) in [6.45, 7) is 4.57. The Morgan fingerprint density at radius 1 is 1.27 bits per heavy atom. The molecular weight excluding hydrogens is 281 g/mol. The molecule has 0 saturated carbocycles. The molecule has 1 saturated heterocycles. The lowest BCUT2D eigenvalue weighted by Gasteiger charge is -2.34. The van der Waals surface area contributed by atoms with E-state index in [1.54, 1.807) is 11.1 Å². The van der Waals surface area contributed by atoms with Crippen molar-refractivity contribution in [2.24, 2.45) is 0 Å². The normalized spacial score (nSPS) is 21.1. The van der Waals surface area contributed by atoms with E-state index in [1.807, 2.05) is 19.9 Å². The van der Waals surface area contributed by atoms with Crippen LogP contribution in [0.25, 0.3) is 0 Å². The number of carbonyl (C=O) groups excluding carboxylic acids is 1. The second kappa shape index (κ2) is 5.48. The number of rotatable bonds is 2. The van der Waals surface area contributed by atoms with E-state index in [1.165, 1.54) is 24.3 Å². The summed E-state index contributed by atoms with van der Waals surface area (Å²) >= 11 is 0. The van der Waals surface area contributed by atoms with Crippen LogP contribution in [0.1, 0.15) is 41.6 Å². The summed E-state index contributed by atoms with van der Waals surface area (Å²) in [4.78, 5) is 23.5. The molecule has 1 aliphatic heterocycles. The van der Waals surface area contributed by atoms with Crippen LogP contribution in [0, 0.1) is 12.7 Å². The molecule has 3 rings (SSSR count). The highest BCUT2D eigenvalue weighted by molar-refractivity contribution is 5.94. The van der Waals surface area contributed by atoms with Crippen molar-refractivity contribution in [3.05, 3.63) is 59.4 Å². The molecule has 1 aromatic carbocycles. The van der Waals surface area contributed by atoms with E-state index in [4.69, 9.17) is 0 Å². The van der Waals surface area contributed by atoms with Crippen LogP contribution < -0.4 is 0 Å². The van der Waals surface area contributed by atoms with Crippen molar-refractivity contribution in [2.75, 3.05) is 6.54 Å². The first-order valence-electron chi connectivity index (χ1n) is 7.38. The lowest BCUT2D eigenvalue weighted by atomic mass is 9.96. The van der Waals surface area contributed by atoms with Crippen LogP contribution in [-0.4, -0.2) is 27.3 Å². The van der Waals surface area contributed by atoms with Gasteiger partial charge in [-0.25, -0.2) is 14.4 Å². The number of nitrogens with zero attached hydrogens (tertiary/aromatic N) is 3. The topological polar surface area (TPSA) is 46.1 Å². The van der Waals surface area contributed by atoms with Crippen molar-refractivity contribution in [3.8, 4) is 0 Å². The molecule has 2 heterocycles. The maximum atomic E-state index is 13.0. The van der Waals surface area contributed by atoms with Gasteiger partial charge in [-0.15, -0.1) is 0 Å². The first kappa shape index (κ1) is 14.6. The van der Waals surface area contributed by atoms with Crippen LogP contribution in [0.2, 0.25) is 0 Å². The van der Waals surface area contributed by atoms with Crippen LogP contribution in [0.3, 0.4) is 0 Å². The van der Waals surface area contributed by atoms with Gasteiger partial charge in [-0.3, -0.25) is 4.79 Å². The van der Waals surface area contributed by atoms with Gasteiger partial charge in [0.1, 0.15) is 11.4 Å². The molecule has 1 fully saturated rings. The first-order valence-corrected chi connectivity index (χ1v) is 7.38. The fourth-order valence-corrected chi connectivity index (χ4v) is 2.98. The number of benzene rings is 1. The molecule has 0 bridgehead atoms. The quantitative estimate of drug-likeness (QED) is 0.856. The van der Waals surface area contributed by atoms with E-state index in [0.29, 0.717) is 17.9 Å². The van der Waals surface area contributed by atoms with Crippen LogP contribution in [0.15, 0.2) is 36.5 Å². The number of likely N-dealkylation sites (tertiary alicyclic amines) is 1. The Bertz CT molecular complexity index is 701. The number of hydrogen-bond acceptors (Lipinski definition) is 3. The molecule has 0 spiro atoms. The molecule has 5 heteroatoms. The van der Waals surface area contributed by atoms with Gasteiger partial charge in [0.2, 0.25) is 0 Å². The zero-order valence-electron chi connectivity index (χ0n) is 12.7. The van der Waals surface area contributed by atoms with Gasteiger partial charge in [0.15, 0.2) is 5.82 Å². The molecule has 0 aliphatic carbocycles. The Labute approximate surface area is 129 Å². The van der Waals surface area contributed by atoms with Gasteiger partial charge in [0.25, 0.3) is 5.91 Å².